The molecule has 0 spiro atoms. The highest BCUT2D eigenvalue weighted by Gasteiger charge is 2.20. The minimum Gasteiger partial charge on any atom is -0.497 e. The third kappa shape index (κ3) is 4.37. The average molecular weight is 472 g/mol. The van der Waals surface area contributed by atoms with Crippen LogP contribution in [-0.4, -0.2) is 23.2 Å². The third-order valence-electron chi connectivity index (χ3n) is 4.51. The number of ether oxygens (including phenoxy) is 2. The van der Waals surface area contributed by atoms with Gasteiger partial charge in [-0.25, -0.2) is 4.79 Å². The fourth-order valence-electron chi connectivity index (χ4n) is 2.99. The van der Waals surface area contributed by atoms with Gasteiger partial charge in [-0.05, 0) is 60.2 Å². The Bertz CT molecular complexity index is 1280. The Morgan fingerprint density at radius 3 is 2.35 bits per heavy atom. The predicted octanol–water partition coefficient (Wildman–Crippen LogP) is 7.03. The number of thiophene rings is 1. The van der Waals surface area contributed by atoms with Gasteiger partial charge in [0, 0.05) is 17.8 Å². The van der Waals surface area contributed by atoms with Gasteiger partial charge in [0.1, 0.15) is 11.5 Å². The van der Waals surface area contributed by atoms with E-state index in [0.717, 1.165) is 5.39 Å². The van der Waals surface area contributed by atoms with E-state index in [-0.39, 0.29) is 5.57 Å². The first-order chi connectivity index (χ1) is 15.0. The van der Waals surface area contributed by atoms with Gasteiger partial charge in [0.25, 0.3) is 0 Å². The highest BCUT2D eigenvalue weighted by atomic mass is 35.5. The van der Waals surface area contributed by atoms with Gasteiger partial charge < -0.3 is 14.6 Å². The maximum Gasteiger partial charge on any atom is 0.336 e. The lowest BCUT2D eigenvalue weighted by atomic mass is 10.1. The van der Waals surface area contributed by atoms with Gasteiger partial charge in [-0.1, -0.05) is 23.2 Å². The SMILES string of the molecule is COc1ccc(Oc2c(/C=C(/C(=O)O)c3ccncc3)sc3c(Cl)c(Cl)ccc23)cc1. The summed E-state index contributed by atoms with van der Waals surface area (Å²) in [6.45, 7) is 0. The van der Waals surface area contributed by atoms with Crippen molar-refractivity contribution in [3.05, 3.63) is 81.4 Å². The summed E-state index contributed by atoms with van der Waals surface area (Å²) in [5.41, 5.74) is 0.634. The molecule has 2 heterocycles. The predicted molar refractivity (Wildman–Crippen MR) is 125 cm³/mol. The number of halogens is 2. The number of carboxylic acids is 1. The Morgan fingerprint density at radius 2 is 1.71 bits per heavy atom. The van der Waals surface area contributed by atoms with Gasteiger partial charge in [-0.15, -0.1) is 11.3 Å². The van der Waals surface area contributed by atoms with Crippen molar-refractivity contribution in [2.24, 2.45) is 0 Å². The first-order valence-electron chi connectivity index (χ1n) is 9.05. The molecule has 156 valence electrons. The number of carbonyl (C=O) groups is 1. The van der Waals surface area contributed by atoms with Crippen LogP contribution in [0.15, 0.2) is 60.9 Å². The van der Waals surface area contributed by atoms with Gasteiger partial charge in [-0.3, -0.25) is 4.98 Å². The van der Waals surface area contributed by atoms with E-state index in [9.17, 15) is 9.90 Å². The lowest BCUT2D eigenvalue weighted by molar-refractivity contribution is -0.130. The molecule has 0 fully saturated rings. The zero-order valence-corrected chi connectivity index (χ0v) is 18.5. The number of hydrogen-bond acceptors (Lipinski definition) is 5. The van der Waals surface area contributed by atoms with E-state index in [1.54, 1.807) is 68.0 Å². The number of rotatable bonds is 6. The molecule has 0 bridgehead atoms. The molecule has 4 aromatic rings. The van der Waals surface area contributed by atoms with Crippen LogP contribution in [0.2, 0.25) is 10.0 Å². The van der Waals surface area contributed by atoms with Crippen molar-refractivity contribution in [1.82, 2.24) is 4.98 Å². The van der Waals surface area contributed by atoms with Crippen molar-refractivity contribution in [2.45, 2.75) is 0 Å². The van der Waals surface area contributed by atoms with Crippen molar-refractivity contribution in [3.8, 4) is 17.2 Å². The zero-order chi connectivity index (χ0) is 22.0. The minimum absolute atomic E-state index is 0.107. The normalized spacial score (nSPS) is 11.5. The van der Waals surface area contributed by atoms with Crippen molar-refractivity contribution in [2.75, 3.05) is 7.11 Å². The van der Waals surface area contributed by atoms with Crippen LogP contribution in [0.4, 0.5) is 0 Å². The number of carboxylic acid groups (broad SMARTS) is 1. The van der Waals surface area contributed by atoms with E-state index in [1.165, 1.54) is 11.3 Å². The van der Waals surface area contributed by atoms with E-state index in [0.29, 0.717) is 42.4 Å². The number of aliphatic carboxylic acids is 1. The highest BCUT2D eigenvalue weighted by Crippen LogP contribution is 2.46. The van der Waals surface area contributed by atoms with E-state index in [2.05, 4.69) is 4.98 Å². The van der Waals surface area contributed by atoms with Crippen LogP contribution in [0.3, 0.4) is 0 Å². The fourth-order valence-corrected chi connectivity index (χ4v) is 4.60. The number of fused-ring (bicyclic) bond motifs is 1. The second-order valence-corrected chi connectivity index (χ2v) is 8.25. The molecule has 0 unspecified atom stereocenters. The molecule has 5 nitrogen and oxygen atoms in total. The smallest absolute Gasteiger partial charge is 0.336 e. The fraction of sp³-hybridized carbons (Fsp3) is 0.0435. The lowest BCUT2D eigenvalue weighted by Gasteiger charge is -2.08. The van der Waals surface area contributed by atoms with E-state index in [4.69, 9.17) is 32.7 Å². The Balaban J connectivity index is 1.89. The molecule has 0 atom stereocenters. The van der Waals surface area contributed by atoms with Gasteiger partial charge in [0.15, 0.2) is 5.75 Å². The Kier molecular flexibility index (Phi) is 6.13. The van der Waals surface area contributed by atoms with Crippen molar-refractivity contribution in [3.63, 3.8) is 0 Å². The number of benzene rings is 2. The standard InChI is InChI=1S/C23H15Cl2NO4S/c1-29-14-2-4-15(5-3-14)30-21-16-6-7-18(24)20(25)22(16)31-19(21)12-17(23(27)28)13-8-10-26-11-9-13/h2-12H,1H3,(H,27,28)/b17-12+. The van der Waals surface area contributed by atoms with Crippen LogP contribution in [0, 0.1) is 0 Å². The zero-order valence-electron chi connectivity index (χ0n) is 16.1. The van der Waals surface area contributed by atoms with Crippen molar-refractivity contribution in [1.29, 1.82) is 0 Å². The van der Waals surface area contributed by atoms with E-state index >= 15 is 0 Å². The molecule has 31 heavy (non-hydrogen) atoms. The van der Waals surface area contributed by atoms with Crippen LogP contribution in [0.5, 0.6) is 17.2 Å². The minimum atomic E-state index is -1.07. The first-order valence-corrected chi connectivity index (χ1v) is 10.6. The second kappa shape index (κ2) is 8.98. The molecule has 0 radical (unpaired) electrons. The lowest BCUT2D eigenvalue weighted by Crippen LogP contribution is -1.99. The molecule has 0 aliphatic rings. The van der Waals surface area contributed by atoms with Gasteiger partial charge >= 0.3 is 5.97 Å². The molecule has 0 saturated carbocycles. The van der Waals surface area contributed by atoms with Crippen LogP contribution in [0.1, 0.15) is 10.4 Å². The second-order valence-electron chi connectivity index (χ2n) is 6.41. The monoisotopic (exact) mass is 471 g/mol. The summed E-state index contributed by atoms with van der Waals surface area (Å²) in [4.78, 5) is 16.5. The summed E-state index contributed by atoms with van der Waals surface area (Å²) in [6, 6.07) is 13.9. The number of pyridine rings is 1. The molecule has 8 heteroatoms. The molecule has 1 N–H and O–H groups in total. The number of hydrogen-bond donors (Lipinski definition) is 1. The summed E-state index contributed by atoms with van der Waals surface area (Å²) in [5.74, 6) is 0.699. The molecule has 2 aromatic heterocycles. The van der Waals surface area contributed by atoms with Crippen molar-refractivity contribution < 1.29 is 19.4 Å². The molecule has 0 amide bonds. The maximum atomic E-state index is 12.0. The van der Waals surface area contributed by atoms with Crippen LogP contribution < -0.4 is 9.47 Å². The summed E-state index contributed by atoms with van der Waals surface area (Å²) >= 11 is 13.9. The third-order valence-corrected chi connectivity index (χ3v) is 6.57. The molecule has 2 aromatic carbocycles. The highest BCUT2D eigenvalue weighted by molar-refractivity contribution is 7.21. The van der Waals surface area contributed by atoms with Gasteiger partial charge in [-0.2, -0.15) is 0 Å². The van der Waals surface area contributed by atoms with Gasteiger partial charge in [0.2, 0.25) is 0 Å². The largest absolute Gasteiger partial charge is 0.497 e. The van der Waals surface area contributed by atoms with Gasteiger partial charge in [0.05, 0.1) is 32.3 Å². The quantitative estimate of drug-likeness (QED) is 0.305. The molecule has 0 aliphatic heterocycles. The first kappa shape index (κ1) is 21.2. The summed E-state index contributed by atoms with van der Waals surface area (Å²) in [7, 11) is 1.59. The number of nitrogens with zero attached hydrogens (tertiary/aromatic N) is 1. The molecule has 0 aliphatic carbocycles. The summed E-state index contributed by atoms with van der Waals surface area (Å²) < 4.78 is 12.1. The summed E-state index contributed by atoms with van der Waals surface area (Å²) in [6.07, 6.45) is 4.66. The average Bonchev–Trinajstić information content (AvgIpc) is 3.13. The Morgan fingerprint density at radius 1 is 1.03 bits per heavy atom. The van der Waals surface area contributed by atoms with E-state index < -0.39 is 5.97 Å². The van der Waals surface area contributed by atoms with E-state index in [1.807, 2.05) is 6.07 Å². The maximum absolute atomic E-state index is 12.0. The van der Waals surface area contributed by atoms with Crippen LogP contribution in [0.25, 0.3) is 21.7 Å². The Labute approximate surface area is 192 Å². The number of methoxy groups -OCH3 is 1. The molecule has 0 saturated heterocycles. The van der Waals surface area contributed by atoms with Crippen LogP contribution >= 0.6 is 34.5 Å². The number of aromatic nitrogens is 1. The summed E-state index contributed by atoms with van der Waals surface area (Å²) in [5, 5.41) is 11.4. The Hall–Kier alpha value is -3.06. The molecular formula is C23H15Cl2NO4S. The topological polar surface area (TPSA) is 68.7 Å². The molecular weight excluding hydrogens is 457 g/mol. The molecule has 4 rings (SSSR count). The van der Waals surface area contributed by atoms with Crippen molar-refractivity contribution >= 4 is 62.2 Å². The van der Waals surface area contributed by atoms with Crippen LogP contribution in [-0.2, 0) is 4.79 Å².